The van der Waals surface area contributed by atoms with Crippen LogP contribution in [0.1, 0.15) is 26.7 Å². The first-order valence-electron chi connectivity index (χ1n) is 10.6. The van der Waals surface area contributed by atoms with Crippen molar-refractivity contribution < 1.29 is 40.6 Å². The van der Waals surface area contributed by atoms with Crippen LogP contribution in [0.2, 0.25) is 0 Å². The normalized spacial score (nSPS) is 18.8. The van der Waals surface area contributed by atoms with Crippen LogP contribution in [0.5, 0.6) is 11.6 Å². The molecular formula is C23H30N6O2U. The second kappa shape index (κ2) is 11.1. The van der Waals surface area contributed by atoms with Crippen molar-refractivity contribution in [1.29, 1.82) is 0 Å². The van der Waals surface area contributed by atoms with Crippen molar-refractivity contribution in [3.05, 3.63) is 48.3 Å². The topological polar surface area (TPSA) is 84.4 Å². The molecular weight excluding hydrogens is 630 g/mol. The number of piperidine rings is 1. The Labute approximate surface area is 213 Å². The number of ether oxygens (including phenoxy) is 2. The van der Waals surface area contributed by atoms with Gasteiger partial charge in [0.1, 0.15) is 6.61 Å². The Morgan fingerprint density at radius 3 is 2.81 bits per heavy atom. The number of aromatic nitrogens is 3. The monoisotopic (exact) mass is 660 g/mol. The number of nitrogens with one attached hydrogen (secondary N) is 2. The van der Waals surface area contributed by atoms with Crippen molar-refractivity contribution in [1.82, 2.24) is 15.0 Å². The van der Waals surface area contributed by atoms with E-state index in [2.05, 4.69) is 50.9 Å². The predicted octanol–water partition coefficient (Wildman–Crippen LogP) is 3.66. The van der Waals surface area contributed by atoms with Gasteiger partial charge in [0, 0.05) is 68.2 Å². The van der Waals surface area contributed by atoms with Crippen molar-refractivity contribution in [3.8, 4) is 11.6 Å². The molecule has 2 aromatic heterocycles. The van der Waals surface area contributed by atoms with Gasteiger partial charge in [-0.05, 0) is 38.3 Å². The molecule has 4 rings (SSSR count). The van der Waals surface area contributed by atoms with E-state index in [1.807, 2.05) is 18.2 Å². The number of hydrogen-bond acceptors (Lipinski definition) is 8. The van der Waals surface area contributed by atoms with Gasteiger partial charge in [0.05, 0.1) is 19.3 Å². The first-order chi connectivity index (χ1) is 15.1. The van der Waals surface area contributed by atoms with Gasteiger partial charge in [0.25, 0.3) is 0 Å². The third-order valence-electron chi connectivity index (χ3n) is 6.04. The first kappa shape index (κ1) is 24.4. The van der Waals surface area contributed by atoms with E-state index in [0.717, 1.165) is 43.0 Å². The Balaban J connectivity index is 0.00000289. The zero-order valence-corrected chi connectivity index (χ0v) is 23.1. The van der Waals surface area contributed by atoms with Gasteiger partial charge in [-0.1, -0.05) is 18.2 Å². The van der Waals surface area contributed by atoms with Crippen LogP contribution in [0.25, 0.3) is 0 Å². The van der Waals surface area contributed by atoms with Gasteiger partial charge in [0.2, 0.25) is 11.8 Å². The molecule has 1 fully saturated rings. The van der Waals surface area contributed by atoms with Crippen LogP contribution >= 0.6 is 0 Å². The molecule has 0 aromatic carbocycles. The molecule has 2 N–H and O–H groups in total. The molecule has 2 aliphatic rings. The maximum absolute atomic E-state index is 5.87. The van der Waals surface area contributed by atoms with E-state index in [9.17, 15) is 0 Å². The summed E-state index contributed by atoms with van der Waals surface area (Å²) >= 11 is 0. The second-order valence-electron chi connectivity index (χ2n) is 7.95. The van der Waals surface area contributed by atoms with E-state index in [1.165, 1.54) is 5.57 Å². The molecule has 2 aromatic rings. The van der Waals surface area contributed by atoms with Gasteiger partial charge in [-0.3, -0.25) is 0 Å². The number of nitrogens with zero attached hydrogens (tertiary/aromatic N) is 4. The molecule has 1 saturated heterocycles. The zero-order valence-electron chi connectivity index (χ0n) is 18.9. The van der Waals surface area contributed by atoms with Gasteiger partial charge in [0.15, 0.2) is 11.6 Å². The largest absolute Gasteiger partial charge is 0.486 e. The molecule has 32 heavy (non-hydrogen) atoms. The van der Waals surface area contributed by atoms with Gasteiger partial charge < -0.3 is 25.0 Å². The molecule has 2 aliphatic heterocycles. The van der Waals surface area contributed by atoms with E-state index in [4.69, 9.17) is 9.47 Å². The van der Waals surface area contributed by atoms with E-state index in [-0.39, 0.29) is 37.2 Å². The minimum Gasteiger partial charge on any atom is -0.486 e. The Morgan fingerprint density at radius 1 is 1.31 bits per heavy atom. The van der Waals surface area contributed by atoms with Crippen LogP contribution in [0.4, 0.5) is 17.5 Å². The van der Waals surface area contributed by atoms with E-state index >= 15 is 0 Å². The molecule has 0 spiro atoms. The summed E-state index contributed by atoms with van der Waals surface area (Å²) in [4.78, 5) is 15.7. The standard InChI is InChI=1S/C23H30N6O2.U/c1-5-15(2)16(3)19-14-31-20-13-25-23(28-22(20)27-19)26-17-7-10-29(11-8-17)18-6-9-24-21(12-18)30-4;/h5-6,9,12-13,17,19H,1,7-8,10-11,14H2,2-4H3,(H2,25,26,27,28);/b16-15+;. The number of allylic oxidation sites excluding steroid dienone is 2. The average Bonchev–Trinajstić information content (AvgIpc) is 2.83. The number of anilines is 3. The summed E-state index contributed by atoms with van der Waals surface area (Å²) in [5.74, 6) is 2.68. The molecule has 4 heterocycles. The summed E-state index contributed by atoms with van der Waals surface area (Å²) in [7, 11) is 1.64. The molecule has 1 unspecified atom stereocenters. The van der Waals surface area contributed by atoms with Gasteiger partial charge in [-0.25, -0.2) is 9.97 Å². The fourth-order valence-corrected chi connectivity index (χ4v) is 3.87. The molecule has 0 aliphatic carbocycles. The number of pyridine rings is 1. The summed E-state index contributed by atoms with van der Waals surface area (Å²) in [6.45, 7) is 10.5. The Morgan fingerprint density at radius 2 is 2.09 bits per heavy atom. The van der Waals surface area contributed by atoms with Crippen LogP contribution in [0.15, 0.2) is 48.3 Å². The van der Waals surface area contributed by atoms with E-state index in [0.29, 0.717) is 30.2 Å². The Hall–Kier alpha value is -2.24. The SMILES string of the molecule is C=C/C(C)=C(\C)C1COc2cnc(NC3CCN(c4ccnc(OC)c4)CC3)nc2N1.[U]. The van der Waals surface area contributed by atoms with E-state index in [1.54, 1.807) is 19.5 Å². The minimum absolute atomic E-state index is 0. The van der Waals surface area contributed by atoms with Crippen molar-refractivity contribution in [3.63, 3.8) is 0 Å². The molecule has 0 amide bonds. The summed E-state index contributed by atoms with van der Waals surface area (Å²) in [5.41, 5.74) is 3.49. The summed E-state index contributed by atoms with van der Waals surface area (Å²) in [6.07, 6.45) is 7.39. The maximum Gasteiger partial charge on any atom is 0.225 e. The molecule has 0 radical (unpaired) electrons. The Kier molecular flexibility index (Phi) is 8.44. The van der Waals surface area contributed by atoms with Crippen LogP contribution in [0.3, 0.4) is 0 Å². The second-order valence-corrected chi connectivity index (χ2v) is 7.95. The van der Waals surface area contributed by atoms with Gasteiger partial charge in [-0.15, -0.1) is 0 Å². The molecule has 8 nitrogen and oxygen atoms in total. The van der Waals surface area contributed by atoms with E-state index < -0.39 is 0 Å². The van der Waals surface area contributed by atoms with Crippen molar-refractivity contribution >= 4 is 17.5 Å². The smallest absolute Gasteiger partial charge is 0.225 e. The summed E-state index contributed by atoms with van der Waals surface area (Å²) in [5, 5.41) is 6.98. The third-order valence-corrected chi connectivity index (χ3v) is 6.04. The van der Waals surface area contributed by atoms with Crippen LogP contribution in [0, 0.1) is 31.1 Å². The minimum atomic E-state index is 0. The van der Waals surface area contributed by atoms with Crippen molar-refractivity contribution in [2.24, 2.45) is 0 Å². The third kappa shape index (κ3) is 5.57. The summed E-state index contributed by atoms with van der Waals surface area (Å²) in [6, 6.07) is 4.40. The zero-order chi connectivity index (χ0) is 21.8. The fourth-order valence-electron chi connectivity index (χ4n) is 3.87. The fraction of sp³-hybridized carbons (Fsp3) is 0.435. The molecule has 168 valence electrons. The maximum atomic E-state index is 5.87. The number of rotatable bonds is 6. The Bertz CT molecular complexity index is 975. The van der Waals surface area contributed by atoms with Crippen LogP contribution in [-0.4, -0.2) is 53.8 Å². The number of hydrogen-bond donors (Lipinski definition) is 2. The van der Waals surface area contributed by atoms with Crippen LogP contribution in [-0.2, 0) is 0 Å². The number of fused-ring (bicyclic) bond motifs is 1. The van der Waals surface area contributed by atoms with Gasteiger partial charge >= 0.3 is 0 Å². The number of methoxy groups -OCH3 is 1. The molecule has 9 heteroatoms. The quantitative estimate of drug-likeness (QED) is 0.455. The molecule has 0 saturated carbocycles. The van der Waals surface area contributed by atoms with Crippen molar-refractivity contribution in [2.45, 2.75) is 38.8 Å². The van der Waals surface area contributed by atoms with Crippen LogP contribution < -0.4 is 25.0 Å². The molecule has 0 bridgehead atoms. The predicted molar refractivity (Wildman–Crippen MR) is 123 cm³/mol. The van der Waals surface area contributed by atoms with Crippen molar-refractivity contribution in [2.75, 3.05) is 42.3 Å². The van der Waals surface area contributed by atoms with Gasteiger partial charge in [-0.2, -0.15) is 4.98 Å². The summed E-state index contributed by atoms with van der Waals surface area (Å²) < 4.78 is 11.1. The molecule has 1 atom stereocenters. The first-order valence-corrected chi connectivity index (χ1v) is 10.6. The average molecular weight is 661 g/mol.